The first kappa shape index (κ1) is 42.8. The molecule has 0 aliphatic rings. The maximum absolute atomic E-state index is 9.25. The summed E-state index contributed by atoms with van der Waals surface area (Å²) >= 11 is 0. The first-order valence-corrected chi connectivity index (χ1v) is 14.1. The van der Waals surface area contributed by atoms with Crippen LogP contribution in [0.2, 0.25) is 0 Å². The molecule has 0 saturated carbocycles. The number of aliphatic hydroxyl groups excluding tert-OH is 2. The fraction of sp³-hybridized carbons (Fsp3) is 0.889. The van der Waals surface area contributed by atoms with E-state index in [1.807, 2.05) is 0 Å². The molecule has 0 aromatic heterocycles. The van der Waals surface area contributed by atoms with Crippen molar-refractivity contribution >= 4 is 5.97 Å². The molecule has 0 bridgehead atoms. The van der Waals surface area contributed by atoms with Crippen molar-refractivity contribution in [2.75, 3.05) is 159 Å². The fourth-order valence-electron chi connectivity index (χ4n) is 2.43. The molecule has 0 heterocycles. The summed E-state index contributed by atoms with van der Waals surface area (Å²) in [5.74, 6) is -0.981. The van der Waals surface area contributed by atoms with Gasteiger partial charge < -0.3 is 67.4 Å². The van der Waals surface area contributed by atoms with Gasteiger partial charge in [-0.3, -0.25) is 0 Å². The summed E-state index contributed by atoms with van der Waals surface area (Å²) in [6.07, 6.45) is 0.833. The number of hydrogen-bond acceptors (Lipinski definition) is 14. The topological polar surface area (TPSA) is 179 Å². The van der Waals surface area contributed by atoms with Gasteiger partial charge in [-0.25, -0.2) is 4.79 Å². The van der Waals surface area contributed by atoms with Gasteiger partial charge in [-0.05, 0) is 0 Å². The van der Waals surface area contributed by atoms with Crippen LogP contribution >= 0.6 is 0 Å². The molecule has 0 saturated heterocycles. The van der Waals surface area contributed by atoms with Crippen molar-refractivity contribution in [1.29, 1.82) is 0 Å². The molecule has 42 heavy (non-hydrogen) atoms. The lowest BCUT2D eigenvalue weighted by atomic mass is 10.6. The van der Waals surface area contributed by atoms with E-state index in [1.165, 1.54) is 0 Å². The van der Waals surface area contributed by atoms with E-state index in [0.717, 1.165) is 6.08 Å². The summed E-state index contributed by atoms with van der Waals surface area (Å²) in [6.45, 7) is 13.7. The molecule has 0 aromatic rings. The minimum absolute atomic E-state index is 0.0253. The third-order valence-electron chi connectivity index (χ3n) is 4.37. The van der Waals surface area contributed by atoms with Crippen LogP contribution in [-0.4, -0.2) is 180 Å². The number of carbonyl (C=O) groups is 1. The van der Waals surface area contributed by atoms with Gasteiger partial charge in [-0.15, -0.1) is 0 Å². The molecule has 0 radical (unpaired) electrons. The van der Waals surface area contributed by atoms with Gasteiger partial charge in [0.1, 0.15) is 0 Å². The Kier molecular flexibility index (Phi) is 42.6. The Morgan fingerprint density at radius 1 is 0.381 bits per heavy atom. The Morgan fingerprint density at radius 2 is 0.500 bits per heavy atom. The summed E-state index contributed by atoms with van der Waals surface area (Å²) in [5.41, 5.74) is 0. The number of aliphatic carboxylic acids is 1. The van der Waals surface area contributed by atoms with Gasteiger partial charge in [0, 0.05) is 6.08 Å². The average Bonchev–Trinajstić information content (AvgIpc) is 2.99. The van der Waals surface area contributed by atoms with Crippen LogP contribution in [0.1, 0.15) is 0 Å². The van der Waals surface area contributed by atoms with Gasteiger partial charge in [-0.1, -0.05) is 6.58 Å². The van der Waals surface area contributed by atoms with E-state index in [1.54, 1.807) is 0 Å². The summed E-state index contributed by atoms with van der Waals surface area (Å²) in [5, 5.41) is 24.7. The molecule has 15 nitrogen and oxygen atoms in total. The van der Waals surface area contributed by atoms with Crippen molar-refractivity contribution in [3.63, 3.8) is 0 Å². The number of ether oxygens (including phenoxy) is 11. The maximum atomic E-state index is 9.25. The second-order valence-electron chi connectivity index (χ2n) is 7.73. The van der Waals surface area contributed by atoms with E-state index >= 15 is 0 Å². The lowest BCUT2D eigenvalue weighted by Crippen LogP contribution is -2.15. The molecular weight excluding hydrogens is 564 g/mol. The zero-order valence-corrected chi connectivity index (χ0v) is 25.0. The number of carboxylic acids is 1. The fourth-order valence-corrected chi connectivity index (χ4v) is 2.43. The van der Waals surface area contributed by atoms with E-state index < -0.39 is 5.97 Å². The van der Waals surface area contributed by atoms with E-state index in [2.05, 4.69) is 6.58 Å². The van der Waals surface area contributed by atoms with E-state index in [9.17, 15) is 4.79 Å². The van der Waals surface area contributed by atoms with Crippen LogP contribution in [0.15, 0.2) is 12.7 Å². The normalized spacial score (nSPS) is 10.9. The molecule has 0 aliphatic carbocycles. The molecule has 3 N–H and O–H groups in total. The molecule has 0 unspecified atom stereocenters. The highest BCUT2D eigenvalue weighted by Gasteiger charge is 1.96. The smallest absolute Gasteiger partial charge is 0.327 e. The zero-order valence-electron chi connectivity index (χ0n) is 25.0. The van der Waals surface area contributed by atoms with Crippen molar-refractivity contribution < 1.29 is 72.2 Å². The summed E-state index contributed by atoms with van der Waals surface area (Å²) < 4.78 is 58.7. The monoisotopic (exact) mass is 618 g/mol. The Labute approximate surface area is 249 Å². The predicted molar refractivity (Wildman–Crippen MR) is 151 cm³/mol. The molecule has 252 valence electrons. The van der Waals surface area contributed by atoms with E-state index in [4.69, 9.17) is 67.4 Å². The van der Waals surface area contributed by atoms with Gasteiger partial charge >= 0.3 is 5.97 Å². The number of carboxylic acid groups (broad SMARTS) is 1. The molecule has 15 heteroatoms. The second kappa shape index (κ2) is 41.8. The molecule has 0 rings (SSSR count). The number of aliphatic hydroxyl groups is 2. The Morgan fingerprint density at radius 3 is 0.595 bits per heavy atom. The zero-order chi connectivity index (χ0) is 31.0. The number of rotatable bonds is 35. The molecule has 0 aromatic carbocycles. The van der Waals surface area contributed by atoms with Crippen molar-refractivity contribution in [3.05, 3.63) is 12.7 Å². The SMILES string of the molecule is C=CC(=O)O.OCCOCCOCCOCCOCCOCCOCCOCCOCCOCCOCCOCCO. The average molecular weight is 619 g/mol. The first-order chi connectivity index (χ1) is 20.7. The predicted octanol–water partition coefficient (Wildman–Crippen LogP) is -0.589. The number of hydrogen-bond donors (Lipinski definition) is 3. The van der Waals surface area contributed by atoms with Crippen LogP contribution in [0, 0.1) is 0 Å². The van der Waals surface area contributed by atoms with Crippen LogP contribution < -0.4 is 0 Å². The molecule has 0 amide bonds. The van der Waals surface area contributed by atoms with Gasteiger partial charge in [0.2, 0.25) is 0 Å². The highest BCUT2D eigenvalue weighted by Crippen LogP contribution is 1.87. The van der Waals surface area contributed by atoms with Crippen molar-refractivity contribution in [1.82, 2.24) is 0 Å². The van der Waals surface area contributed by atoms with Gasteiger partial charge in [-0.2, -0.15) is 0 Å². The largest absolute Gasteiger partial charge is 0.478 e. The highest BCUT2D eigenvalue weighted by atomic mass is 16.6. The summed E-state index contributed by atoms with van der Waals surface area (Å²) in [6, 6.07) is 0. The Bertz CT molecular complexity index is 480. The third kappa shape index (κ3) is 45.7. The first-order valence-electron chi connectivity index (χ1n) is 14.1. The van der Waals surface area contributed by atoms with E-state index in [-0.39, 0.29) is 13.2 Å². The Hall–Kier alpha value is -1.31. The van der Waals surface area contributed by atoms with Crippen LogP contribution in [0.25, 0.3) is 0 Å². The molecule has 0 spiro atoms. The van der Waals surface area contributed by atoms with Crippen LogP contribution in [-0.2, 0) is 56.9 Å². The minimum Gasteiger partial charge on any atom is -0.478 e. The van der Waals surface area contributed by atoms with E-state index in [0.29, 0.717) is 145 Å². The van der Waals surface area contributed by atoms with Gasteiger partial charge in [0.15, 0.2) is 0 Å². The summed E-state index contributed by atoms with van der Waals surface area (Å²) in [7, 11) is 0. The summed E-state index contributed by atoms with van der Waals surface area (Å²) in [4.78, 5) is 9.25. The quantitative estimate of drug-likeness (QED) is 0.0606. The molecule has 0 atom stereocenters. The van der Waals surface area contributed by atoms with Crippen molar-refractivity contribution in [3.8, 4) is 0 Å². The maximum Gasteiger partial charge on any atom is 0.327 e. The minimum atomic E-state index is -0.981. The van der Waals surface area contributed by atoms with Crippen molar-refractivity contribution in [2.45, 2.75) is 0 Å². The second-order valence-corrected chi connectivity index (χ2v) is 7.73. The van der Waals surface area contributed by atoms with Gasteiger partial charge in [0.25, 0.3) is 0 Å². The third-order valence-corrected chi connectivity index (χ3v) is 4.37. The van der Waals surface area contributed by atoms with Crippen molar-refractivity contribution in [2.24, 2.45) is 0 Å². The van der Waals surface area contributed by atoms with Crippen LogP contribution in [0.5, 0.6) is 0 Å². The lowest BCUT2D eigenvalue weighted by Gasteiger charge is -2.09. The Balaban J connectivity index is 0. The van der Waals surface area contributed by atoms with Gasteiger partial charge in [0.05, 0.1) is 159 Å². The molecule has 0 fully saturated rings. The standard InChI is InChI=1S/C24H50O13.C3H4O2/c25-1-3-27-5-7-29-9-11-31-13-15-33-17-19-35-21-23-37-24-22-36-20-18-34-16-14-32-12-10-30-8-6-28-4-2-26;1-2-3(4)5/h25-26H,1-24H2;2H,1H2,(H,4,5). The molecule has 0 aliphatic heterocycles. The van der Waals surface area contributed by atoms with Crippen LogP contribution in [0.3, 0.4) is 0 Å². The van der Waals surface area contributed by atoms with Crippen LogP contribution in [0.4, 0.5) is 0 Å². The molecular formula is C27H54O15. The highest BCUT2D eigenvalue weighted by molar-refractivity contribution is 5.78. The lowest BCUT2D eigenvalue weighted by molar-refractivity contribution is -0.131.